The predicted molar refractivity (Wildman–Crippen MR) is 66.5 cm³/mol. The van der Waals surface area contributed by atoms with Crippen LogP contribution in [0.2, 0.25) is 0 Å². The van der Waals surface area contributed by atoms with E-state index >= 15 is 0 Å². The number of ether oxygens (including phenoxy) is 2. The van der Waals surface area contributed by atoms with Gasteiger partial charge in [-0.1, -0.05) is 12.1 Å². The third-order valence-corrected chi connectivity index (χ3v) is 3.18. The molecule has 0 unspecified atom stereocenters. The normalized spacial score (nSPS) is 17.1. The summed E-state index contributed by atoms with van der Waals surface area (Å²) in [6.45, 7) is 0. The van der Waals surface area contributed by atoms with Crippen molar-refractivity contribution in [1.82, 2.24) is 0 Å². The molecule has 0 saturated heterocycles. The molecule has 1 aliphatic rings. The van der Waals surface area contributed by atoms with Gasteiger partial charge in [-0.15, -0.1) is 0 Å². The van der Waals surface area contributed by atoms with Gasteiger partial charge in [0.1, 0.15) is 23.4 Å². The summed E-state index contributed by atoms with van der Waals surface area (Å²) in [4.78, 5) is 0. The molecule has 0 aromatic heterocycles. The highest BCUT2D eigenvalue weighted by molar-refractivity contribution is 5.40. The standard InChI is InChI=1S/C15H13FO2/c1-17-13-5-2-10(3-6-13)15-9-11-8-12(16)4-7-14(11)18-15/h2-8,15H,9H2,1H3/t15-/m0/s1. The second-order valence-corrected chi connectivity index (χ2v) is 4.34. The highest BCUT2D eigenvalue weighted by atomic mass is 19.1. The minimum Gasteiger partial charge on any atom is -0.497 e. The minimum atomic E-state index is -0.215. The average Bonchev–Trinajstić information content (AvgIpc) is 2.81. The van der Waals surface area contributed by atoms with Crippen LogP contribution in [0, 0.1) is 5.82 Å². The quantitative estimate of drug-likeness (QED) is 0.804. The van der Waals surface area contributed by atoms with Gasteiger partial charge in [-0.3, -0.25) is 0 Å². The first-order valence-corrected chi connectivity index (χ1v) is 5.85. The van der Waals surface area contributed by atoms with Crippen molar-refractivity contribution >= 4 is 0 Å². The van der Waals surface area contributed by atoms with Gasteiger partial charge in [-0.05, 0) is 35.9 Å². The van der Waals surface area contributed by atoms with E-state index in [0.717, 1.165) is 22.6 Å². The van der Waals surface area contributed by atoms with E-state index in [-0.39, 0.29) is 11.9 Å². The van der Waals surface area contributed by atoms with Gasteiger partial charge in [0.05, 0.1) is 7.11 Å². The Morgan fingerprint density at radius 1 is 1.17 bits per heavy atom. The molecule has 3 rings (SSSR count). The van der Waals surface area contributed by atoms with E-state index < -0.39 is 0 Å². The fraction of sp³-hybridized carbons (Fsp3) is 0.200. The number of hydrogen-bond donors (Lipinski definition) is 0. The van der Waals surface area contributed by atoms with E-state index in [1.165, 1.54) is 6.07 Å². The smallest absolute Gasteiger partial charge is 0.128 e. The first-order chi connectivity index (χ1) is 8.76. The Morgan fingerprint density at radius 2 is 1.94 bits per heavy atom. The van der Waals surface area contributed by atoms with Gasteiger partial charge >= 0.3 is 0 Å². The predicted octanol–water partition coefficient (Wildman–Crippen LogP) is 3.51. The zero-order valence-corrected chi connectivity index (χ0v) is 10.0. The number of methoxy groups -OCH3 is 1. The topological polar surface area (TPSA) is 18.5 Å². The van der Waals surface area contributed by atoms with Crippen LogP contribution in [0.25, 0.3) is 0 Å². The van der Waals surface area contributed by atoms with Crippen molar-refractivity contribution in [1.29, 1.82) is 0 Å². The third-order valence-electron chi connectivity index (χ3n) is 3.18. The molecule has 1 aliphatic heterocycles. The molecule has 0 amide bonds. The van der Waals surface area contributed by atoms with Crippen molar-refractivity contribution < 1.29 is 13.9 Å². The lowest BCUT2D eigenvalue weighted by Gasteiger charge is -2.11. The zero-order valence-electron chi connectivity index (χ0n) is 10.0. The summed E-state index contributed by atoms with van der Waals surface area (Å²) < 4.78 is 24.1. The summed E-state index contributed by atoms with van der Waals surface area (Å²) >= 11 is 0. The monoisotopic (exact) mass is 244 g/mol. The van der Waals surface area contributed by atoms with Crippen LogP contribution in [0.15, 0.2) is 42.5 Å². The molecule has 0 N–H and O–H groups in total. The Bertz CT molecular complexity index is 563. The van der Waals surface area contributed by atoms with Crippen LogP contribution in [0.4, 0.5) is 4.39 Å². The van der Waals surface area contributed by atoms with Crippen LogP contribution in [0.1, 0.15) is 17.2 Å². The Morgan fingerprint density at radius 3 is 2.67 bits per heavy atom. The van der Waals surface area contributed by atoms with Gasteiger partial charge in [0.2, 0.25) is 0 Å². The summed E-state index contributed by atoms with van der Waals surface area (Å²) in [6.07, 6.45) is 0.673. The maximum Gasteiger partial charge on any atom is 0.128 e. The molecule has 18 heavy (non-hydrogen) atoms. The van der Waals surface area contributed by atoms with Crippen molar-refractivity contribution in [2.75, 3.05) is 7.11 Å². The van der Waals surface area contributed by atoms with E-state index in [9.17, 15) is 4.39 Å². The molecule has 92 valence electrons. The molecule has 1 atom stereocenters. The van der Waals surface area contributed by atoms with Crippen LogP contribution in [0.5, 0.6) is 11.5 Å². The molecule has 0 aliphatic carbocycles. The SMILES string of the molecule is COc1ccc([C@@H]2Cc3cc(F)ccc3O2)cc1. The molecule has 2 aromatic rings. The molecule has 2 aromatic carbocycles. The number of hydrogen-bond acceptors (Lipinski definition) is 2. The largest absolute Gasteiger partial charge is 0.497 e. The van der Waals surface area contributed by atoms with E-state index in [1.54, 1.807) is 19.2 Å². The first kappa shape index (κ1) is 11.1. The van der Waals surface area contributed by atoms with Crippen molar-refractivity contribution in [2.45, 2.75) is 12.5 Å². The van der Waals surface area contributed by atoms with Crippen LogP contribution in [-0.4, -0.2) is 7.11 Å². The van der Waals surface area contributed by atoms with E-state index in [1.807, 2.05) is 24.3 Å². The Labute approximate surface area is 105 Å². The Kier molecular flexibility index (Phi) is 2.67. The lowest BCUT2D eigenvalue weighted by Crippen LogP contribution is -2.02. The summed E-state index contributed by atoms with van der Waals surface area (Å²) in [7, 11) is 1.64. The molecule has 0 bridgehead atoms. The first-order valence-electron chi connectivity index (χ1n) is 5.85. The zero-order chi connectivity index (χ0) is 12.5. The number of benzene rings is 2. The van der Waals surface area contributed by atoms with Crippen molar-refractivity contribution in [3.05, 3.63) is 59.4 Å². The van der Waals surface area contributed by atoms with E-state index in [4.69, 9.17) is 9.47 Å². The summed E-state index contributed by atoms with van der Waals surface area (Å²) in [6, 6.07) is 12.4. The minimum absolute atomic E-state index is 0.0345. The molecule has 0 fully saturated rings. The van der Waals surface area contributed by atoms with Gasteiger partial charge in [0, 0.05) is 12.0 Å². The van der Waals surface area contributed by atoms with Gasteiger partial charge in [-0.25, -0.2) is 4.39 Å². The molecule has 0 radical (unpaired) electrons. The van der Waals surface area contributed by atoms with Crippen molar-refractivity contribution in [2.24, 2.45) is 0 Å². The Balaban J connectivity index is 1.84. The molecular weight excluding hydrogens is 231 g/mol. The van der Waals surface area contributed by atoms with Crippen LogP contribution < -0.4 is 9.47 Å². The number of fused-ring (bicyclic) bond motifs is 1. The summed E-state index contributed by atoms with van der Waals surface area (Å²) in [5.41, 5.74) is 2.00. The molecule has 1 heterocycles. The van der Waals surface area contributed by atoms with E-state index in [2.05, 4.69) is 0 Å². The lowest BCUT2D eigenvalue weighted by atomic mass is 10.0. The fourth-order valence-corrected chi connectivity index (χ4v) is 2.22. The maximum atomic E-state index is 13.1. The number of halogens is 1. The molecular formula is C15H13FO2. The van der Waals surface area contributed by atoms with Gasteiger partial charge in [0.15, 0.2) is 0 Å². The second kappa shape index (κ2) is 4.33. The highest BCUT2D eigenvalue weighted by Crippen LogP contribution is 2.37. The summed E-state index contributed by atoms with van der Waals surface area (Å²) in [5, 5.41) is 0. The molecule has 0 saturated carbocycles. The van der Waals surface area contributed by atoms with Crippen LogP contribution >= 0.6 is 0 Å². The summed E-state index contributed by atoms with van der Waals surface area (Å²) in [5.74, 6) is 1.38. The maximum absolute atomic E-state index is 13.1. The number of rotatable bonds is 2. The van der Waals surface area contributed by atoms with E-state index in [0.29, 0.717) is 6.42 Å². The van der Waals surface area contributed by atoms with Gasteiger partial charge in [0.25, 0.3) is 0 Å². The fourth-order valence-electron chi connectivity index (χ4n) is 2.22. The average molecular weight is 244 g/mol. The second-order valence-electron chi connectivity index (χ2n) is 4.34. The molecule has 0 spiro atoms. The van der Waals surface area contributed by atoms with Crippen LogP contribution in [0.3, 0.4) is 0 Å². The van der Waals surface area contributed by atoms with Crippen LogP contribution in [-0.2, 0) is 6.42 Å². The highest BCUT2D eigenvalue weighted by Gasteiger charge is 2.24. The Hall–Kier alpha value is -2.03. The van der Waals surface area contributed by atoms with Gasteiger partial charge in [-0.2, -0.15) is 0 Å². The third kappa shape index (κ3) is 1.92. The molecule has 3 heteroatoms. The van der Waals surface area contributed by atoms with Crippen molar-refractivity contribution in [3.63, 3.8) is 0 Å². The van der Waals surface area contributed by atoms with Gasteiger partial charge < -0.3 is 9.47 Å². The molecule has 2 nitrogen and oxygen atoms in total. The lowest BCUT2D eigenvalue weighted by molar-refractivity contribution is 0.238. The van der Waals surface area contributed by atoms with Crippen molar-refractivity contribution in [3.8, 4) is 11.5 Å².